The van der Waals surface area contributed by atoms with Crippen molar-refractivity contribution in [3.63, 3.8) is 0 Å². The highest BCUT2D eigenvalue weighted by Crippen LogP contribution is 2.64. The topological polar surface area (TPSA) is 165 Å². The van der Waals surface area contributed by atoms with Crippen LogP contribution < -0.4 is 10.3 Å². The minimum absolute atomic E-state index is 0.00639. The van der Waals surface area contributed by atoms with Gasteiger partial charge in [0.1, 0.15) is 22.9 Å². The zero-order valence-corrected chi connectivity index (χ0v) is 27.8. The predicted molar refractivity (Wildman–Crippen MR) is 185 cm³/mol. The van der Waals surface area contributed by atoms with Crippen LogP contribution in [-0.4, -0.2) is 49.9 Å². The fraction of sp³-hybridized carbons (Fsp3) is 0.205. The van der Waals surface area contributed by atoms with E-state index in [9.17, 15) is 38.9 Å². The molecule has 8 rings (SSSR count). The number of carboxylic acids is 1. The van der Waals surface area contributed by atoms with Crippen LogP contribution in [0, 0.1) is 29.5 Å². The number of rotatable bonds is 6. The number of hydrogen-bond acceptors (Lipinski definition) is 8. The number of hydrazine groups is 1. The van der Waals surface area contributed by atoms with E-state index in [1.54, 1.807) is 36.4 Å². The van der Waals surface area contributed by atoms with Gasteiger partial charge in [0, 0.05) is 17.0 Å². The maximum Gasteiger partial charge on any atom is 0.339 e. The summed E-state index contributed by atoms with van der Waals surface area (Å²) < 4.78 is 13.8. The van der Waals surface area contributed by atoms with E-state index in [1.807, 2.05) is 6.08 Å². The maximum atomic E-state index is 15.1. The van der Waals surface area contributed by atoms with Crippen LogP contribution in [0.2, 0.25) is 5.02 Å². The number of nitrogens with zero attached hydrogens (tertiary/aromatic N) is 2. The van der Waals surface area contributed by atoms with Crippen molar-refractivity contribution >= 4 is 52.6 Å². The highest BCUT2D eigenvalue weighted by atomic mass is 35.5. The number of aromatic hydroxyl groups is 2. The van der Waals surface area contributed by atoms with Crippen molar-refractivity contribution in [2.24, 2.45) is 23.7 Å². The minimum atomic E-state index is -1.58. The van der Waals surface area contributed by atoms with E-state index in [2.05, 4.69) is 5.43 Å². The lowest BCUT2D eigenvalue weighted by molar-refractivity contribution is -0.138. The van der Waals surface area contributed by atoms with E-state index in [4.69, 9.17) is 11.6 Å². The highest BCUT2D eigenvalue weighted by Gasteiger charge is 2.70. The molecule has 0 unspecified atom stereocenters. The van der Waals surface area contributed by atoms with Crippen LogP contribution in [0.25, 0.3) is 0 Å². The molecule has 6 atom stereocenters. The van der Waals surface area contributed by atoms with Gasteiger partial charge in [-0.05, 0) is 90.6 Å². The van der Waals surface area contributed by atoms with Crippen molar-refractivity contribution in [1.29, 1.82) is 0 Å². The minimum Gasteiger partial charge on any atom is -0.508 e. The number of allylic oxidation sites excluding steroid dienone is 2. The highest BCUT2D eigenvalue weighted by molar-refractivity contribution is 6.30. The number of anilines is 2. The van der Waals surface area contributed by atoms with Crippen LogP contribution in [0.15, 0.2) is 103 Å². The molecule has 4 aromatic carbocycles. The smallest absolute Gasteiger partial charge is 0.339 e. The molecule has 4 aliphatic rings. The lowest BCUT2D eigenvalue weighted by atomic mass is 9.49. The van der Waals surface area contributed by atoms with E-state index < -0.39 is 81.7 Å². The monoisotopic (exact) mass is 721 g/mol. The second kappa shape index (κ2) is 12.1. The number of hydrogen-bond donors (Lipinski definition) is 4. The Kier molecular flexibility index (Phi) is 7.68. The molecule has 0 bridgehead atoms. The zero-order chi connectivity index (χ0) is 36.6. The van der Waals surface area contributed by atoms with Crippen molar-refractivity contribution in [3.8, 4) is 11.5 Å². The third-order valence-electron chi connectivity index (χ3n) is 11.0. The Morgan fingerprint density at radius 3 is 2.19 bits per heavy atom. The molecule has 4 aromatic rings. The number of carboxylic acid groups (broad SMARTS) is 1. The Morgan fingerprint density at radius 2 is 1.54 bits per heavy atom. The van der Waals surface area contributed by atoms with Gasteiger partial charge in [-0.25, -0.2) is 14.1 Å². The van der Waals surface area contributed by atoms with Gasteiger partial charge in [0.05, 0.1) is 34.5 Å². The second-order valence-corrected chi connectivity index (χ2v) is 13.9. The third-order valence-corrected chi connectivity index (χ3v) is 11.2. The molecule has 4 amide bonds. The van der Waals surface area contributed by atoms with Crippen molar-refractivity contribution in [2.75, 3.05) is 10.3 Å². The van der Waals surface area contributed by atoms with Crippen LogP contribution in [0.3, 0.4) is 0 Å². The number of nitrogens with one attached hydrogen (secondary N) is 1. The molecule has 1 saturated carbocycles. The molecule has 2 saturated heterocycles. The second-order valence-electron chi connectivity index (χ2n) is 13.5. The number of aromatic carboxylic acids is 1. The van der Waals surface area contributed by atoms with E-state index in [0.29, 0.717) is 21.7 Å². The first-order valence-corrected chi connectivity index (χ1v) is 16.9. The van der Waals surface area contributed by atoms with E-state index in [0.717, 1.165) is 22.0 Å². The molecule has 11 nitrogen and oxygen atoms in total. The number of phenols is 2. The van der Waals surface area contributed by atoms with Gasteiger partial charge >= 0.3 is 5.97 Å². The van der Waals surface area contributed by atoms with Gasteiger partial charge in [-0.3, -0.25) is 24.6 Å². The standard InChI is InChI=1S/C39H29ClFN3O8/c40-21-5-3-20(4-6-21)39-30(35(48)44(38(39)52)42-23-9-7-22(41)8-10-23)18-29-26(33(39)19-1-12-25(45)13-2-19)15-16-28-32(29)36(49)43(34(28)47)24-11-14-27(37(50)51)31(46)17-24/h1-15,17,28-30,32-33,42,45-46H,16,18H2,(H,50,51)/t28-,29+,30-,32-,33-,39+/m0/s1. The van der Waals surface area contributed by atoms with Gasteiger partial charge in [-0.2, -0.15) is 5.01 Å². The first kappa shape index (κ1) is 33.2. The maximum absolute atomic E-state index is 15.1. The molecule has 52 heavy (non-hydrogen) atoms. The van der Waals surface area contributed by atoms with Gasteiger partial charge in [-0.15, -0.1) is 0 Å². The van der Waals surface area contributed by atoms with Gasteiger partial charge in [0.2, 0.25) is 11.8 Å². The van der Waals surface area contributed by atoms with E-state index in [1.165, 1.54) is 42.5 Å². The molecular weight excluding hydrogens is 693 g/mol. The number of halogens is 2. The average molecular weight is 722 g/mol. The summed E-state index contributed by atoms with van der Waals surface area (Å²) in [6.45, 7) is 0. The Bertz CT molecular complexity index is 2230. The summed E-state index contributed by atoms with van der Waals surface area (Å²) in [4.78, 5) is 70.6. The number of phenolic OH excluding ortho intramolecular Hbond substituents is 1. The van der Waals surface area contributed by atoms with Crippen LogP contribution in [0.4, 0.5) is 15.8 Å². The SMILES string of the molecule is O=C(O)c1ccc(N2C(=O)[C@H]3[C@H](CC=C4[C@H]3C[C@H]3C(=O)N(Nc5ccc(F)cc5)C(=O)[C@@]3(c3ccc(Cl)cc3)[C@H]4c3ccc(O)cc3)C2=O)cc1O. The molecule has 0 aromatic heterocycles. The first-order valence-electron chi connectivity index (χ1n) is 16.5. The Labute approximate surface area is 300 Å². The van der Waals surface area contributed by atoms with Gasteiger partial charge in [-0.1, -0.05) is 47.5 Å². The number of fused-ring (bicyclic) bond motifs is 4. The largest absolute Gasteiger partial charge is 0.508 e. The number of carbonyl (C=O) groups is 5. The summed E-state index contributed by atoms with van der Waals surface area (Å²) in [6, 6.07) is 21.6. The Morgan fingerprint density at radius 1 is 0.846 bits per heavy atom. The van der Waals surface area contributed by atoms with Crippen molar-refractivity contribution in [2.45, 2.75) is 24.2 Å². The first-order chi connectivity index (χ1) is 24.9. The molecule has 0 radical (unpaired) electrons. The lowest BCUT2D eigenvalue weighted by Gasteiger charge is -2.50. The summed E-state index contributed by atoms with van der Waals surface area (Å²) >= 11 is 6.31. The lowest BCUT2D eigenvalue weighted by Crippen LogP contribution is -2.53. The van der Waals surface area contributed by atoms with Crippen LogP contribution >= 0.6 is 11.6 Å². The van der Waals surface area contributed by atoms with Gasteiger partial charge in [0.15, 0.2) is 0 Å². The summed E-state index contributed by atoms with van der Waals surface area (Å²) in [7, 11) is 0. The Balaban J connectivity index is 1.29. The summed E-state index contributed by atoms with van der Waals surface area (Å²) in [5, 5.41) is 31.4. The van der Waals surface area contributed by atoms with Crippen molar-refractivity contribution < 1.29 is 43.7 Å². The normalized spacial score (nSPS) is 26.5. The van der Waals surface area contributed by atoms with Gasteiger partial charge < -0.3 is 15.3 Å². The van der Waals surface area contributed by atoms with Crippen molar-refractivity contribution in [1.82, 2.24) is 5.01 Å². The molecule has 2 aliphatic heterocycles. The number of imide groups is 2. The molecule has 0 spiro atoms. The van der Waals surface area contributed by atoms with Gasteiger partial charge in [0.25, 0.3) is 11.8 Å². The van der Waals surface area contributed by atoms with Crippen molar-refractivity contribution in [3.05, 3.63) is 130 Å². The third kappa shape index (κ3) is 4.81. The molecule has 2 aliphatic carbocycles. The molecule has 13 heteroatoms. The zero-order valence-electron chi connectivity index (χ0n) is 27.1. The van der Waals surface area contributed by atoms with Crippen LogP contribution in [0.5, 0.6) is 11.5 Å². The quantitative estimate of drug-likeness (QED) is 0.143. The Hall–Kier alpha value is -6.01. The summed E-state index contributed by atoms with van der Waals surface area (Å²) in [5.74, 6) is -9.19. The molecular formula is C39H29ClFN3O8. The summed E-state index contributed by atoms with van der Waals surface area (Å²) in [6.07, 6.45) is 2.00. The predicted octanol–water partition coefficient (Wildman–Crippen LogP) is 5.78. The molecule has 262 valence electrons. The number of carbonyl (C=O) groups excluding carboxylic acids is 4. The number of benzene rings is 4. The molecule has 2 heterocycles. The average Bonchev–Trinajstić information content (AvgIpc) is 3.50. The van der Waals surface area contributed by atoms with Crippen LogP contribution in [0.1, 0.15) is 40.2 Å². The summed E-state index contributed by atoms with van der Waals surface area (Å²) in [5.41, 5.74) is 2.97. The van der Waals surface area contributed by atoms with Crippen LogP contribution in [-0.2, 0) is 24.6 Å². The van der Waals surface area contributed by atoms with E-state index in [-0.39, 0.29) is 30.0 Å². The fourth-order valence-corrected chi connectivity index (χ4v) is 8.92. The fourth-order valence-electron chi connectivity index (χ4n) is 8.79. The van der Waals surface area contributed by atoms with E-state index >= 15 is 4.79 Å². The number of amides is 4. The molecule has 3 fully saturated rings. The molecule has 4 N–H and O–H groups in total.